The van der Waals surface area contributed by atoms with Crippen molar-refractivity contribution in [2.75, 3.05) is 13.1 Å². The molecule has 4 nitrogen and oxygen atoms in total. The van der Waals surface area contributed by atoms with E-state index in [0.29, 0.717) is 32.4 Å². The van der Waals surface area contributed by atoms with Crippen molar-refractivity contribution in [3.05, 3.63) is 0 Å². The molecule has 0 saturated carbocycles. The Bertz CT molecular complexity index is 176. The number of carbonyl (C=O) groups excluding carboxylic acids is 1. The fourth-order valence-electron chi connectivity index (χ4n) is 1.39. The summed E-state index contributed by atoms with van der Waals surface area (Å²) >= 11 is 0. The van der Waals surface area contributed by atoms with Crippen molar-refractivity contribution >= 4 is 5.97 Å². The van der Waals surface area contributed by atoms with Crippen LogP contribution in [-0.4, -0.2) is 30.0 Å². The van der Waals surface area contributed by atoms with E-state index in [1.165, 1.54) is 0 Å². The topological polar surface area (TPSA) is 58.6 Å². The number of hydrogen-bond donors (Lipinski definition) is 2. The third-order valence-electron chi connectivity index (χ3n) is 2.14. The Morgan fingerprint density at radius 3 is 2.69 bits per heavy atom. The summed E-state index contributed by atoms with van der Waals surface area (Å²) in [5.41, 5.74) is 0. The summed E-state index contributed by atoms with van der Waals surface area (Å²) in [6.07, 6.45) is 2.12. The number of carbonyl (C=O) groups is 1. The third kappa shape index (κ3) is 3.32. The van der Waals surface area contributed by atoms with Crippen LogP contribution in [0.2, 0.25) is 0 Å². The van der Waals surface area contributed by atoms with Crippen molar-refractivity contribution < 1.29 is 14.6 Å². The summed E-state index contributed by atoms with van der Waals surface area (Å²) < 4.78 is 5.00. The summed E-state index contributed by atoms with van der Waals surface area (Å²) in [5.74, 6) is -1.51. The Labute approximate surface area is 78.3 Å². The lowest BCUT2D eigenvalue weighted by molar-refractivity contribution is -0.217. The van der Waals surface area contributed by atoms with E-state index in [1.54, 1.807) is 0 Å². The number of rotatable bonds is 3. The molecule has 1 saturated heterocycles. The van der Waals surface area contributed by atoms with E-state index in [1.807, 2.05) is 6.92 Å². The largest absolute Gasteiger partial charge is 0.433 e. The summed E-state index contributed by atoms with van der Waals surface area (Å²) in [6.45, 7) is 3.32. The number of ether oxygens (including phenoxy) is 1. The average Bonchev–Trinajstić information content (AvgIpc) is 2.04. The Balaban J connectivity index is 2.36. The molecular weight excluding hydrogens is 170 g/mol. The first-order valence-corrected chi connectivity index (χ1v) is 4.81. The molecular formula is C9H17NO3. The Kier molecular flexibility index (Phi) is 3.69. The maximum absolute atomic E-state index is 11.1. The fraction of sp³-hybridized carbons (Fsp3) is 0.889. The molecule has 0 aliphatic carbocycles. The molecule has 0 radical (unpaired) electrons. The zero-order chi connectivity index (χ0) is 9.73. The highest BCUT2D eigenvalue weighted by Crippen LogP contribution is 2.20. The lowest BCUT2D eigenvalue weighted by Crippen LogP contribution is -2.45. The summed E-state index contributed by atoms with van der Waals surface area (Å²) in [6, 6.07) is 0. The predicted octanol–water partition coefficient (Wildman–Crippen LogP) is 0.402. The molecule has 2 N–H and O–H groups in total. The number of aliphatic hydroxyl groups is 1. The molecule has 13 heavy (non-hydrogen) atoms. The van der Waals surface area contributed by atoms with Gasteiger partial charge in [0.25, 0.3) is 0 Å². The molecule has 1 rings (SSSR count). The first-order chi connectivity index (χ1) is 6.16. The van der Waals surface area contributed by atoms with Crippen molar-refractivity contribution in [1.29, 1.82) is 0 Å². The Morgan fingerprint density at radius 2 is 2.15 bits per heavy atom. The van der Waals surface area contributed by atoms with E-state index in [2.05, 4.69) is 5.32 Å². The van der Waals surface area contributed by atoms with E-state index in [4.69, 9.17) is 4.74 Å². The zero-order valence-electron chi connectivity index (χ0n) is 8.01. The Morgan fingerprint density at radius 1 is 1.54 bits per heavy atom. The highest BCUT2D eigenvalue weighted by atomic mass is 16.7. The van der Waals surface area contributed by atoms with Gasteiger partial charge in [0, 0.05) is 32.4 Å². The van der Waals surface area contributed by atoms with Crippen LogP contribution in [0.1, 0.15) is 32.6 Å². The van der Waals surface area contributed by atoms with Crippen LogP contribution in [0.5, 0.6) is 0 Å². The highest BCUT2D eigenvalue weighted by molar-refractivity contribution is 5.69. The minimum absolute atomic E-state index is 0.299. The standard InChI is InChI=1S/C9H17NO3/c1-2-3-8(11)13-9(12)4-6-10-7-5-9/h10,12H,2-7H2,1H3. The molecule has 4 heteroatoms. The van der Waals surface area contributed by atoms with Crippen LogP contribution in [-0.2, 0) is 9.53 Å². The summed E-state index contributed by atoms with van der Waals surface area (Å²) in [7, 11) is 0. The molecule has 0 unspecified atom stereocenters. The second-order valence-electron chi connectivity index (χ2n) is 3.42. The molecule has 1 aliphatic rings. The molecule has 0 aromatic rings. The van der Waals surface area contributed by atoms with Crippen molar-refractivity contribution in [2.24, 2.45) is 0 Å². The molecule has 0 amide bonds. The van der Waals surface area contributed by atoms with Crippen LogP contribution in [0.15, 0.2) is 0 Å². The lowest BCUT2D eigenvalue weighted by Gasteiger charge is -2.31. The normalized spacial score (nSPS) is 21.1. The second kappa shape index (κ2) is 4.58. The SMILES string of the molecule is CCCC(=O)OC1(O)CCNCC1. The minimum atomic E-state index is -1.21. The van der Waals surface area contributed by atoms with Gasteiger partial charge in [0.15, 0.2) is 0 Å². The van der Waals surface area contributed by atoms with Crippen LogP contribution in [0.3, 0.4) is 0 Å². The molecule has 1 aliphatic heterocycles. The third-order valence-corrected chi connectivity index (χ3v) is 2.14. The summed E-state index contributed by atoms with van der Waals surface area (Å²) in [5, 5.41) is 12.9. The van der Waals surface area contributed by atoms with Crippen LogP contribution in [0, 0.1) is 0 Å². The highest BCUT2D eigenvalue weighted by Gasteiger charge is 2.32. The molecule has 0 aromatic heterocycles. The van der Waals surface area contributed by atoms with Crippen LogP contribution in [0.4, 0.5) is 0 Å². The quantitative estimate of drug-likeness (QED) is 0.496. The predicted molar refractivity (Wildman–Crippen MR) is 48.1 cm³/mol. The molecule has 1 heterocycles. The second-order valence-corrected chi connectivity index (χ2v) is 3.42. The monoisotopic (exact) mass is 187 g/mol. The molecule has 0 aromatic carbocycles. The van der Waals surface area contributed by atoms with Gasteiger partial charge in [-0.25, -0.2) is 0 Å². The van der Waals surface area contributed by atoms with Crippen LogP contribution in [0.25, 0.3) is 0 Å². The van der Waals surface area contributed by atoms with E-state index in [9.17, 15) is 9.90 Å². The zero-order valence-corrected chi connectivity index (χ0v) is 8.01. The number of hydrogen-bond acceptors (Lipinski definition) is 4. The molecule has 0 atom stereocenters. The van der Waals surface area contributed by atoms with Gasteiger partial charge in [-0.1, -0.05) is 6.92 Å². The molecule has 76 valence electrons. The van der Waals surface area contributed by atoms with Gasteiger partial charge in [0.2, 0.25) is 5.79 Å². The van der Waals surface area contributed by atoms with Crippen molar-refractivity contribution in [1.82, 2.24) is 5.32 Å². The maximum Gasteiger partial charge on any atom is 0.308 e. The lowest BCUT2D eigenvalue weighted by atomic mass is 10.1. The number of nitrogens with one attached hydrogen (secondary N) is 1. The smallest absolute Gasteiger partial charge is 0.308 e. The van der Waals surface area contributed by atoms with Gasteiger partial charge in [0.1, 0.15) is 0 Å². The summed E-state index contributed by atoms with van der Waals surface area (Å²) in [4.78, 5) is 11.1. The molecule has 0 bridgehead atoms. The van der Waals surface area contributed by atoms with Gasteiger partial charge in [-0.2, -0.15) is 0 Å². The average molecular weight is 187 g/mol. The van der Waals surface area contributed by atoms with E-state index < -0.39 is 5.79 Å². The van der Waals surface area contributed by atoms with Crippen molar-refractivity contribution in [3.63, 3.8) is 0 Å². The first kappa shape index (κ1) is 10.5. The molecule has 0 spiro atoms. The van der Waals surface area contributed by atoms with Gasteiger partial charge in [-0.3, -0.25) is 4.79 Å². The van der Waals surface area contributed by atoms with Gasteiger partial charge in [0.05, 0.1) is 0 Å². The minimum Gasteiger partial charge on any atom is -0.433 e. The van der Waals surface area contributed by atoms with Gasteiger partial charge >= 0.3 is 5.97 Å². The van der Waals surface area contributed by atoms with E-state index in [0.717, 1.165) is 6.42 Å². The molecule has 1 fully saturated rings. The van der Waals surface area contributed by atoms with Crippen molar-refractivity contribution in [2.45, 2.75) is 38.4 Å². The van der Waals surface area contributed by atoms with Crippen molar-refractivity contribution in [3.8, 4) is 0 Å². The number of esters is 1. The van der Waals surface area contributed by atoms with Crippen LogP contribution < -0.4 is 5.32 Å². The van der Waals surface area contributed by atoms with Crippen LogP contribution >= 0.6 is 0 Å². The van der Waals surface area contributed by atoms with E-state index in [-0.39, 0.29) is 5.97 Å². The van der Waals surface area contributed by atoms with Gasteiger partial charge in [-0.05, 0) is 6.42 Å². The Hall–Kier alpha value is -0.610. The fourth-order valence-corrected chi connectivity index (χ4v) is 1.39. The number of piperidine rings is 1. The van der Waals surface area contributed by atoms with Gasteiger partial charge in [-0.15, -0.1) is 0 Å². The first-order valence-electron chi connectivity index (χ1n) is 4.81. The van der Waals surface area contributed by atoms with Gasteiger partial charge < -0.3 is 15.2 Å². The van der Waals surface area contributed by atoms with E-state index >= 15 is 0 Å². The maximum atomic E-state index is 11.1.